The van der Waals surface area contributed by atoms with Gasteiger partial charge >= 0.3 is 5.97 Å². The number of carbonyl (C=O) groups is 2. The second-order valence-electron chi connectivity index (χ2n) is 7.60. The summed E-state index contributed by atoms with van der Waals surface area (Å²) in [6, 6.07) is 17.7. The molecule has 1 aliphatic carbocycles. The van der Waals surface area contributed by atoms with Crippen LogP contribution in [-0.4, -0.2) is 18.0 Å². The Morgan fingerprint density at radius 2 is 1.83 bits per heavy atom. The van der Waals surface area contributed by atoms with Crippen molar-refractivity contribution >= 4 is 23.5 Å². The lowest BCUT2D eigenvalue weighted by atomic mass is 9.75. The average molecular weight is 420 g/mol. The van der Waals surface area contributed by atoms with Gasteiger partial charge in [-0.15, -0.1) is 11.8 Å². The molecule has 0 amide bonds. The molecule has 0 saturated carbocycles. The lowest BCUT2D eigenvalue weighted by Gasteiger charge is -2.34. The van der Waals surface area contributed by atoms with Crippen molar-refractivity contribution in [1.29, 1.82) is 0 Å². The first kappa shape index (κ1) is 20.5. The number of dihydropyridines is 1. The minimum atomic E-state index is -0.395. The summed E-state index contributed by atoms with van der Waals surface area (Å²) in [4.78, 5) is 27.3. The maximum atomic E-state index is 13.2. The van der Waals surface area contributed by atoms with E-state index in [4.69, 9.17) is 4.74 Å². The number of rotatable bonds is 5. The van der Waals surface area contributed by atoms with Gasteiger partial charge in [-0.2, -0.15) is 0 Å². The van der Waals surface area contributed by atoms with Gasteiger partial charge in [-0.05, 0) is 49.3 Å². The predicted octanol–water partition coefficient (Wildman–Crippen LogP) is 5.12. The molecule has 0 saturated heterocycles. The molecule has 2 aromatic carbocycles. The summed E-state index contributed by atoms with van der Waals surface area (Å²) in [6.45, 7) is 2.10. The first-order valence-corrected chi connectivity index (χ1v) is 11.4. The number of esters is 1. The van der Waals surface area contributed by atoms with Crippen LogP contribution in [0.2, 0.25) is 0 Å². The Balaban J connectivity index is 1.70. The molecule has 154 valence electrons. The monoisotopic (exact) mass is 419 g/mol. The van der Waals surface area contributed by atoms with Gasteiger partial charge in [0.25, 0.3) is 0 Å². The second-order valence-corrected chi connectivity index (χ2v) is 8.48. The molecule has 4 rings (SSSR count). The molecule has 2 aliphatic rings. The molecule has 0 fully saturated rings. The van der Waals surface area contributed by atoms with Gasteiger partial charge in [-0.1, -0.05) is 42.5 Å². The van der Waals surface area contributed by atoms with Crippen LogP contribution in [0.15, 0.2) is 82.0 Å². The average Bonchev–Trinajstić information content (AvgIpc) is 2.77. The molecule has 1 atom stereocenters. The van der Waals surface area contributed by atoms with E-state index in [1.807, 2.05) is 67.8 Å². The van der Waals surface area contributed by atoms with Crippen LogP contribution in [-0.2, 0) is 20.9 Å². The Hall–Kier alpha value is -2.79. The number of Topliss-reactive ketones (excluding diaryl/α,β-unsaturated/α-hetero) is 1. The highest BCUT2D eigenvalue weighted by Gasteiger charge is 2.39. The van der Waals surface area contributed by atoms with Crippen molar-refractivity contribution in [2.45, 2.75) is 43.6 Å². The van der Waals surface area contributed by atoms with Gasteiger partial charge in [0.05, 0.1) is 5.57 Å². The minimum Gasteiger partial charge on any atom is -0.457 e. The van der Waals surface area contributed by atoms with Crippen LogP contribution >= 0.6 is 11.8 Å². The third-order valence-corrected chi connectivity index (χ3v) is 6.40. The third kappa shape index (κ3) is 4.08. The number of ether oxygens (including phenoxy) is 1. The molecular formula is C25H25NO3S. The molecule has 4 nitrogen and oxygen atoms in total. The van der Waals surface area contributed by atoms with E-state index in [0.29, 0.717) is 12.0 Å². The van der Waals surface area contributed by atoms with Crippen molar-refractivity contribution in [3.63, 3.8) is 0 Å². The zero-order valence-electron chi connectivity index (χ0n) is 17.2. The number of hydrogen-bond acceptors (Lipinski definition) is 5. The van der Waals surface area contributed by atoms with Gasteiger partial charge in [0.2, 0.25) is 0 Å². The predicted molar refractivity (Wildman–Crippen MR) is 119 cm³/mol. The fourth-order valence-corrected chi connectivity index (χ4v) is 4.59. The van der Waals surface area contributed by atoms with Crippen LogP contribution in [0, 0.1) is 0 Å². The van der Waals surface area contributed by atoms with E-state index in [-0.39, 0.29) is 18.4 Å². The fraction of sp³-hybridized carbons (Fsp3) is 0.280. The molecule has 30 heavy (non-hydrogen) atoms. The number of hydrogen-bond donors (Lipinski definition) is 1. The van der Waals surface area contributed by atoms with Gasteiger partial charge < -0.3 is 10.1 Å². The van der Waals surface area contributed by atoms with Crippen molar-refractivity contribution < 1.29 is 14.3 Å². The van der Waals surface area contributed by atoms with Crippen LogP contribution in [0.3, 0.4) is 0 Å². The van der Waals surface area contributed by atoms with E-state index >= 15 is 0 Å². The Labute approximate surface area is 181 Å². The first-order valence-electron chi connectivity index (χ1n) is 10.2. The molecule has 0 radical (unpaired) electrons. The van der Waals surface area contributed by atoms with Crippen molar-refractivity contribution in [3.05, 3.63) is 88.3 Å². The van der Waals surface area contributed by atoms with Crippen LogP contribution in [0.25, 0.3) is 0 Å². The highest BCUT2D eigenvalue weighted by molar-refractivity contribution is 7.98. The molecule has 0 bridgehead atoms. The van der Waals surface area contributed by atoms with E-state index in [1.165, 1.54) is 0 Å². The highest BCUT2D eigenvalue weighted by Crippen LogP contribution is 2.42. The zero-order valence-corrected chi connectivity index (χ0v) is 18.1. The van der Waals surface area contributed by atoms with E-state index in [1.54, 1.807) is 11.8 Å². The highest BCUT2D eigenvalue weighted by atomic mass is 32.2. The molecule has 0 spiro atoms. The quantitative estimate of drug-likeness (QED) is 0.538. The number of allylic oxidation sites excluding steroid dienone is 3. The van der Waals surface area contributed by atoms with Crippen LogP contribution < -0.4 is 5.32 Å². The summed E-state index contributed by atoms with van der Waals surface area (Å²) in [5, 5.41) is 3.33. The van der Waals surface area contributed by atoms with Crippen LogP contribution in [0.5, 0.6) is 0 Å². The number of carbonyl (C=O) groups excluding carboxylic acids is 2. The maximum Gasteiger partial charge on any atom is 0.337 e. The number of nitrogens with one attached hydrogen (secondary N) is 1. The molecule has 1 heterocycles. The second kappa shape index (κ2) is 8.92. The lowest BCUT2D eigenvalue weighted by molar-refractivity contribution is -0.140. The maximum absolute atomic E-state index is 13.2. The topological polar surface area (TPSA) is 55.4 Å². The minimum absolute atomic E-state index is 0.114. The Morgan fingerprint density at radius 1 is 1.10 bits per heavy atom. The van der Waals surface area contributed by atoms with E-state index in [9.17, 15) is 9.59 Å². The number of benzene rings is 2. The fourth-order valence-electron chi connectivity index (χ4n) is 4.18. The molecule has 5 heteroatoms. The zero-order chi connectivity index (χ0) is 21.1. The lowest BCUT2D eigenvalue weighted by Crippen LogP contribution is -2.34. The number of thioether (sulfide) groups is 1. The van der Waals surface area contributed by atoms with Crippen LogP contribution in [0.1, 0.15) is 43.2 Å². The Kier molecular flexibility index (Phi) is 6.09. The molecule has 1 N–H and O–H groups in total. The Morgan fingerprint density at radius 3 is 2.53 bits per heavy atom. The van der Waals surface area contributed by atoms with Crippen molar-refractivity contribution in [3.8, 4) is 0 Å². The summed E-state index contributed by atoms with van der Waals surface area (Å²) in [5.41, 5.74) is 4.83. The standard InChI is InChI=1S/C25H25NO3S/c1-16-22(25(28)29-15-17-7-4-3-5-8-17)23(18-11-13-19(30-2)14-12-18)24-20(26-16)9-6-10-21(24)27/h3-5,7-8,11-14,23,26H,6,9-10,15H2,1-2H3/t23-/m1/s1. The normalized spacial score (nSPS) is 18.7. The molecular weight excluding hydrogens is 394 g/mol. The summed E-state index contributed by atoms with van der Waals surface area (Å²) >= 11 is 1.67. The summed E-state index contributed by atoms with van der Waals surface area (Å²) in [5.74, 6) is -0.662. The van der Waals surface area contributed by atoms with Gasteiger partial charge in [-0.25, -0.2) is 4.79 Å². The van der Waals surface area contributed by atoms with Crippen LogP contribution in [0.4, 0.5) is 0 Å². The summed E-state index contributed by atoms with van der Waals surface area (Å²) < 4.78 is 5.67. The molecule has 0 unspecified atom stereocenters. The largest absolute Gasteiger partial charge is 0.457 e. The Bertz CT molecular complexity index is 1020. The van der Waals surface area contributed by atoms with E-state index < -0.39 is 5.92 Å². The van der Waals surface area contributed by atoms with Gasteiger partial charge in [0, 0.05) is 34.2 Å². The van der Waals surface area contributed by atoms with Crippen molar-refractivity contribution in [1.82, 2.24) is 5.32 Å². The molecule has 1 aliphatic heterocycles. The van der Waals surface area contributed by atoms with Crippen molar-refractivity contribution in [2.24, 2.45) is 0 Å². The number of ketones is 1. The van der Waals surface area contributed by atoms with Crippen molar-refractivity contribution in [2.75, 3.05) is 6.26 Å². The van der Waals surface area contributed by atoms with E-state index in [0.717, 1.165) is 45.8 Å². The van der Waals surface area contributed by atoms with E-state index in [2.05, 4.69) is 5.32 Å². The van der Waals surface area contributed by atoms with Gasteiger partial charge in [-0.3, -0.25) is 4.79 Å². The van der Waals surface area contributed by atoms with Gasteiger partial charge in [0.1, 0.15) is 6.61 Å². The third-order valence-electron chi connectivity index (χ3n) is 5.66. The molecule has 0 aromatic heterocycles. The van der Waals surface area contributed by atoms with Gasteiger partial charge in [0.15, 0.2) is 5.78 Å². The smallest absolute Gasteiger partial charge is 0.337 e. The first-order chi connectivity index (χ1) is 14.6. The summed E-state index contributed by atoms with van der Waals surface area (Å²) in [7, 11) is 0. The summed E-state index contributed by atoms with van der Waals surface area (Å²) in [6.07, 6.45) is 4.21. The molecule has 2 aromatic rings. The SMILES string of the molecule is CSc1ccc([C@@H]2C(C(=O)OCc3ccccc3)=C(C)NC3=C2C(=O)CCC3)cc1.